The number of aromatic nitrogens is 1. The van der Waals surface area contributed by atoms with Gasteiger partial charge >= 0.3 is 6.18 Å². The maximum Gasteiger partial charge on any atom is 0.416 e. The Labute approximate surface area is 210 Å². The van der Waals surface area contributed by atoms with Gasteiger partial charge in [-0.05, 0) is 60.3 Å². The molecule has 2 spiro atoms. The third-order valence-electron chi connectivity index (χ3n) is 9.18. The first-order chi connectivity index (χ1) is 17.0. The third-order valence-corrected chi connectivity index (χ3v) is 9.18. The van der Waals surface area contributed by atoms with Crippen molar-refractivity contribution in [1.82, 2.24) is 4.98 Å². The molecule has 3 heterocycles. The maximum atomic E-state index is 13.3. The van der Waals surface area contributed by atoms with E-state index in [0.717, 1.165) is 65.9 Å². The van der Waals surface area contributed by atoms with E-state index in [-0.39, 0.29) is 17.3 Å². The fraction of sp³-hybridized carbons (Fsp3) is 0.621. The SMILES string of the molecule is CC(C)c1nc2c(c3c1C(c1ccc(C(F)(F)F)cc1)OC31CCOCC1C)C(O)CC1(CCC1)C2. The number of halogens is 3. The molecular weight excluding hydrogens is 467 g/mol. The minimum Gasteiger partial charge on any atom is -0.388 e. The van der Waals surface area contributed by atoms with Crippen LogP contribution < -0.4 is 0 Å². The number of aliphatic hydroxyl groups excluding tert-OH is 1. The lowest BCUT2D eigenvalue weighted by molar-refractivity contribution is -0.157. The molecule has 4 aliphatic rings. The van der Waals surface area contributed by atoms with Gasteiger partial charge in [0.1, 0.15) is 11.7 Å². The van der Waals surface area contributed by atoms with E-state index in [9.17, 15) is 18.3 Å². The van der Waals surface area contributed by atoms with E-state index >= 15 is 0 Å². The Morgan fingerprint density at radius 2 is 1.81 bits per heavy atom. The molecule has 0 amide bonds. The molecule has 194 valence electrons. The summed E-state index contributed by atoms with van der Waals surface area (Å²) < 4.78 is 52.6. The van der Waals surface area contributed by atoms with Crippen molar-refractivity contribution in [2.45, 2.75) is 89.2 Å². The molecule has 4 unspecified atom stereocenters. The average molecular weight is 502 g/mol. The van der Waals surface area contributed by atoms with Crippen LogP contribution in [0.1, 0.15) is 110 Å². The second-order valence-electron chi connectivity index (χ2n) is 11.8. The van der Waals surface area contributed by atoms with Gasteiger partial charge in [0.2, 0.25) is 0 Å². The first kappa shape index (κ1) is 24.4. The van der Waals surface area contributed by atoms with Crippen LogP contribution in [0.3, 0.4) is 0 Å². The number of hydrogen-bond donors (Lipinski definition) is 1. The summed E-state index contributed by atoms with van der Waals surface area (Å²) in [5, 5.41) is 11.6. The Bertz CT molecular complexity index is 1170. The van der Waals surface area contributed by atoms with Crippen LogP contribution in [0, 0.1) is 11.3 Å². The van der Waals surface area contributed by atoms with E-state index < -0.39 is 29.5 Å². The van der Waals surface area contributed by atoms with Gasteiger partial charge in [-0.2, -0.15) is 13.2 Å². The van der Waals surface area contributed by atoms with Gasteiger partial charge in [0.25, 0.3) is 0 Å². The Morgan fingerprint density at radius 3 is 2.39 bits per heavy atom. The molecule has 1 saturated carbocycles. The van der Waals surface area contributed by atoms with Gasteiger partial charge in [-0.1, -0.05) is 39.3 Å². The van der Waals surface area contributed by atoms with Crippen LogP contribution in [0.5, 0.6) is 0 Å². The summed E-state index contributed by atoms with van der Waals surface area (Å²) in [5.41, 5.74) is 4.32. The summed E-state index contributed by atoms with van der Waals surface area (Å²) in [5.74, 6) is 0.133. The number of hydrogen-bond acceptors (Lipinski definition) is 4. The second-order valence-corrected chi connectivity index (χ2v) is 11.8. The maximum absolute atomic E-state index is 13.3. The molecule has 1 saturated heterocycles. The van der Waals surface area contributed by atoms with E-state index in [1.54, 1.807) is 0 Å². The largest absolute Gasteiger partial charge is 0.416 e. The Kier molecular flexibility index (Phi) is 5.60. The fourth-order valence-corrected chi connectivity index (χ4v) is 7.16. The number of rotatable bonds is 2. The van der Waals surface area contributed by atoms with Crippen LogP contribution in [-0.2, 0) is 27.7 Å². The number of nitrogens with zero attached hydrogens (tertiary/aromatic N) is 1. The predicted molar refractivity (Wildman–Crippen MR) is 129 cm³/mol. The minimum atomic E-state index is -4.39. The van der Waals surface area contributed by atoms with Crippen LogP contribution in [0.4, 0.5) is 13.2 Å². The molecule has 2 aliphatic heterocycles. The average Bonchev–Trinajstić information content (AvgIpc) is 3.14. The van der Waals surface area contributed by atoms with Gasteiger partial charge in [-0.25, -0.2) is 0 Å². The van der Waals surface area contributed by atoms with Crippen molar-refractivity contribution in [2.75, 3.05) is 13.2 Å². The van der Waals surface area contributed by atoms with E-state index in [4.69, 9.17) is 14.5 Å². The number of alkyl halides is 3. The molecule has 1 aromatic carbocycles. The molecular formula is C29H34F3NO3. The Balaban J connectivity index is 1.57. The molecule has 6 rings (SSSR count). The predicted octanol–water partition coefficient (Wildman–Crippen LogP) is 6.75. The zero-order valence-electron chi connectivity index (χ0n) is 21.1. The topological polar surface area (TPSA) is 51.6 Å². The summed E-state index contributed by atoms with van der Waals surface area (Å²) in [7, 11) is 0. The van der Waals surface area contributed by atoms with Crippen LogP contribution in [0.15, 0.2) is 24.3 Å². The highest BCUT2D eigenvalue weighted by Crippen LogP contribution is 2.61. The van der Waals surface area contributed by atoms with E-state index in [0.29, 0.717) is 25.2 Å². The molecule has 2 aromatic rings. The molecule has 2 fully saturated rings. The highest BCUT2D eigenvalue weighted by Gasteiger charge is 2.56. The monoisotopic (exact) mass is 501 g/mol. The van der Waals surface area contributed by atoms with Crippen LogP contribution in [0.2, 0.25) is 0 Å². The van der Waals surface area contributed by atoms with Crippen molar-refractivity contribution in [3.05, 3.63) is 63.5 Å². The third kappa shape index (κ3) is 3.57. The van der Waals surface area contributed by atoms with Crippen molar-refractivity contribution in [3.8, 4) is 0 Å². The molecule has 7 heteroatoms. The van der Waals surface area contributed by atoms with Crippen LogP contribution in [-0.4, -0.2) is 23.3 Å². The van der Waals surface area contributed by atoms with Crippen LogP contribution >= 0.6 is 0 Å². The van der Waals surface area contributed by atoms with Crippen molar-refractivity contribution in [2.24, 2.45) is 11.3 Å². The van der Waals surface area contributed by atoms with E-state index in [1.807, 2.05) is 0 Å². The highest BCUT2D eigenvalue weighted by molar-refractivity contribution is 5.55. The molecule has 36 heavy (non-hydrogen) atoms. The lowest BCUT2D eigenvalue weighted by Crippen LogP contribution is -2.44. The summed E-state index contributed by atoms with van der Waals surface area (Å²) in [4.78, 5) is 5.20. The normalized spacial score (nSPS) is 30.9. The molecule has 1 aromatic heterocycles. The quantitative estimate of drug-likeness (QED) is 0.495. The number of ether oxygens (including phenoxy) is 2. The van der Waals surface area contributed by atoms with Crippen molar-refractivity contribution >= 4 is 0 Å². The van der Waals surface area contributed by atoms with Crippen molar-refractivity contribution < 1.29 is 27.8 Å². The first-order valence-electron chi connectivity index (χ1n) is 13.2. The number of pyridine rings is 1. The van der Waals surface area contributed by atoms with E-state index in [1.165, 1.54) is 18.6 Å². The standard InChI is InChI=1S/C29H34F3NO3/c1-16(2)25-23-24(22-20(33-25)13-27(9-4-10-27)14-21(22)34)28(11-12-35-15-17(28)3)36-26(23)18-5-7-19(8-6-18)29(30,31)32/h5-8,16-17,21,26,34H,4,9-15H2,1-3H3. The lowest BCUT2D eigenvalue weighted by atomic mass is 9.58. The van der Waals surface area contributed by atoms with E-state index in [2.05, 4.69) is 20.8 Å². The van der Waals surface area contributed by atoms with Gasteiger partial charge in [-0.15, -0.1) is 0 Å². The zero-order chi connectivity index (χ0) is 25.5. The minimum absolute atomic E-state index is 0.0303. The van der Waals surface area contributed by atoms with Crippen LogP contribution in [0.25, 0.3) is 0 Å². The highest BCUT2D eigenvalue weighted by atomic mass is 19.4. The molecule has 0 radical (unpaired) electrons. The second kappa shape index (κ2) is 8.27. The number of aliphatic hydroxyl groups is 1. The molecule has 4 atom stereocenters. The van der Waals surface area contributed by atoms with Gasteiger partial charge < -0.3 is 14.6 Å². The summed E-state index contributed by atoms with van der Waals surface area (Å²) in [6.07, 6.45) is 0.154. The Hall–Kier alpha value is -1.96. The van der Waals surface area contributed by atoms with Gasteiger partial charge in [0.05, 0.1) is 18.3 Å². The van der Waals surface area contributed by atoms with Gasteiger partial charge in [0, 0.05) is 41.5 Å². The summed E-state index contributed by atoms with van der Waals surface area (Å²) in [6.45, 7) is 7.40. The number of benzene rings is 1. The summed E-state index contributed by atoms with van der Waals surface area (Å²) >= 11 is 0. The molecule has 4 nitrogen and oxygen atoms in total. The Morgan fingerprint density at radius 1 is 1.08 bits per heavy atom. The number of fused-ring (bicyclic) bond motifs is 4. The van der Waals surface area contributed by atoms with Crippen molar-refractivity contribution in [3.63, 3.8) is 0 Å². The first-order valence-corrected chi connectivity index (χ1v) is 13.2. The zero-order valence-corrected chi connectivity index (χ0v) is 21.1. The van der Waals surface area contributed by atoms with Gasteiger partial charge in [-0.3, -0.25) is 4.98 Å². The lowest BCUT2D eigenvalue weighted by Gasteiger charge is -2.48. The van der Waals surface area contributed by atoms with Crippen molar-refractivity contribution in [1.29, 1.82) is 0 Å². The van der Waals surface area contributed by atoms with Gasteiger partial charge in [0.15, 0.2) is 0 Å². The summed E-state index contributed by atoms with van der Waals surface area (Å²) in [6, 6.07) is 5.33. The molecule has 0 bridgehead atoms. The molecule has 2 aliphatic carbocycles. The molecule has 1 N–H and O–H groups in total. The smallest absolute Gasteiger partial charge is 0.388 e. The fourth-order valence-electron chi connectivity index (χ4n) is 7.16.